The highest BCUT2D eigenvalue weighted by atomic mass is 19.1. The van der Waals surface area contributed by atoms with Crippen LogP contribution in [0.15, 0.2) is 66.3 Å². The normalized spacial score (nSPS) is 14.9. The van der Waals surface area contributed by atoms with E-state index in [9.17, 15) is 8.78 Å². The molecule has 1 aromatic heterocycles. The Morgan fingerprint density at radius 3 is 2.81 bits per heavy atom. The highest BCUT2D eigenvalue weighted by Crippen LogP contribution is 2.37. The zero-order valence-electron chi connectivity index (χ0n) is 18.9. The largest absolute Gasteiger partial charge is 0.358 e. The molecule has 1 heterocycles. The van der Waals surface area contributed by atoms with Crippen LogP contribution in [0.3, 0.4) is 0 Å². The summed E-state index contributed by atoms with van der Waals surface area (Å²) in [6, 6.07) is 4.70. The van der Waals surface area contributed by atoms with Crippen molar-refractivity contribution in [3.8, 4) is 23.5 Å². The smallest absolute Gasteiger partial charge is 0.193 e. The second kappa shape index (κ2) is 10.3. The molecular weight excluding hydrogens is 402 g/mol. The number of nitrogens with one attached hydrogen (secondary N) is 1. The van der Waals surface area contributed by atoms with Crippen LogP contribution < -0.4 is 9.88 Å². The number of pyridine rings is 1. The molecule has 0 spiro atoms. The molecule has 1 aromatic carbocycles. The summed E-state index contributed by atoms with van der Waals surface area (Å²) in [6.07, 6.45) is 15.3. The third-order valence-corrected chi connectivity index (χ3v) is 5.73. The maximum absolute atomic E-state index is 14.8. The Bertz CT molecular complexity index is 1170. The molecule has 32 heavy (non-hydrogen) atoms. The molecule has 1 N–H and O–H groups in total. The van der Waals surface area contributed by atoms with Crippen molar-refractivity contribution in [2.75, 3.05) is 0 Å². The van der Waals surface area contributed by atoms with Crippen molar-refractivity contribution in [1.29, 1.82) is 0 Å². The van der Waals surface area contributed by atoms with Gasteiger partial charge in [0, 0.05) is 23.4 Å². The quantitative estimate of drug-likeness (QED) is 0.245. The molecule has 0 saturated heterocycles. The molecule has 3 rings (SSSR count). The number of halogens is 2. The molecule has 0 amide bonds. The van der Waals surface area contributed by atoms with E-state index in [0.29, 0.717) is 17.7 Å². The average molecular weight is 432 g/mol. The summed E-state index contributed by atoms with van der Waals surface area (Å²) in [5.41, 5.74) is 7.91. The van der Waals surface area contributed by atoms with Crippen LogP contribution in [0.1, 0.15) is 49.4 Å². The van der Waals surface area contributed by atoms with E-state index in [1.807, 2.05) is 38.3 Å². The first-order valence-electron chi connectivity index (χ1n) is 10.9. The van der Waals surface area contributed by atoms with Crippen molar-refractivity contribution in [3.05, 3.63) is 94.8 Å². The van der Waals surface area contributed by atoms with Gasteiger partial charge in [-0.05, 0) is 56.9 Å². The van der Waals surface area contributed by atoms with Gasteiger partial charge in [0.25, 0.3) is 0 Å². The molecule has 0 bridgehead atoms. The van der Waals surface area contributed by atoms with Crippen LogP contribution in [0, 0.1) is 30.9 Å². The van der Waals surface area contributed by atoms with Crippen LogP contribution in [0.5, 0.6) is 0 Å². The SMILES string of the molecule is C#C/C=C(\C=C=CCC)NC(=C)C1CCc2cc(-c3c(F)ccc(C)c3F)c[n+](CC)c21. The zero-order chi connectivity index (χ0) is 23.3. The van der Waals surface area contributed by atoms with Gasteiger partial charge >= 0.3 is 0 Å². The first-order valence-corrected chi connectivity index (χ1v) is 10.9. The number of rotatable bonds is 7. The van der Waals surface area contributed by atoms with E-state index in [0.717, 1.165) is 41.9 Å². The fourth-order valence-corrected chi connectivity index (χ4v) is 4.18. The molecule has 1 aliphatic rings. The van der Waals surface area contributed by atoms with E-state index >= 15 is 0 Å². The van der Waals surface area contributed by atoms with Crippen molar-refractivity contribution in [3.63, 3.8) is 0 Å². The Labute approximate surface area is 189 Å². The molecular formula is C28H29F2N2+. The molecule has 0 saturated carbocycles. The van der Waals surface area contributed by atoms with Crippen LogP contribution in [0.25, 0.3) is 11.1 Å². The van der Waals surface area contributed by atoms with Gasteiger partial charge in [0.15, 0.2) is 11.9 Å². The van der Waals surface area contributed by atoms with E-state index in [1.165, 1.54) is 12.1 Å². The monoisotopic (exact) mass is 431 g/mol. The van der Waals surface area contributed by atoms with E-state index in [4.69, 9.17) is 6.42 Å². The minimum absolute atomic E-state index is 0.0301. The lowest BCUT2D eigenvalue weighted by Crippen LogP contribution is -2.39. The van der Waals surface area contributed by atoms with Gasteiger partial charge < -0.3 is 5.32 Å². The average Bonchev–Trinajstić information content (AvgIpc) is 3.20. The molecule has 0 aliphatic heterocycles. The first-order chi connectivity index (χ1) is 15.4. The third kappa shape index (κ3) is 4.74. The van der Waals surface area contributed by atoms with E-state index in [1.54, 1.807) is 13.0 Å². The molecule has 164 valence electrons. The maximum Gasteiger partial charge on any atom is 0.193 e. The van der Waals surface area contributed by atoms with Crippen molar-refractivity contribution >= 4 is 0 Å². The van der Waals surface area contributed by atoms with Gasteiger partial charge in [-0.3, -0.25) is 0 Å². The van der Waals surface area contributed by atoms with Gasteiger partial charge in [-0.15, -0.1) is 12.2 Å². The van der Waals surface area contributed by atoms with E-state index in [2.05, 4.69) is 28.1 Å². The van der Waals surface area contributed by atoms with Crippen molar-refractivity contribution in [2.24, 2.45) is 0 Å². The fourth-order valence-electron chi connectivity index (χ4n) is 4.18. The molecule has 0 radical (unpaired) electrons. The minimum atomic E-state index is -0.549. The summed E-state index contributed by atoms with van der Waals surface area (Å²) in [5.74, 6) is 1.55. The summed E-state index contributed by atoms with van der Waals surface area (Å²) in [6.45, 7) is 10.7. The van der Waals surface area contributed by atoms with Crippen LogP contribution in [-0.2, 0) is 13.0 Å². The standard InChI is InChI=1S/C28H29F2N2/c1-6-9-10-12-23(11-7-2)31-20(5)24-15-14-21-17-22(18-32(8-3)28(21)24)26-25(29)16-13-19(4)27(26)30/h2,9,11-13,16-18,24,31H,5-6,8,14-15H2,1,3-4H3/q+1/b23-11+. The number of nitrogens with zero attached hydrogens (tertiary/aromatic N) is 1. The van der Waals surface area contributed by atoms with Crippen LogP contribution in [0.4, 0.5) is 8.78 Å². The van der Waals surface area contributed by atoms with Crippen LogP contribution in [0.2, 0.25) is 0 Å². The first kappa shape index (κ1) is 23.3. The molecule has 1 unspecified atom stereocenters. The van der Waals surface area contributed by atoms with Gasteiger partial charge in [-0.1, -0.05) is 25.5 Å². The number of fused-ring (bicyclic) bond motifs is 1. The van der Waals surface area contributed by atoms with Gasteiger partial charge in [0.05, 0.1) is 22.7 Å². The lowest BCUT2D eigenvalue weighted by molar-refractivity contribution is -0.701. The zero-order valence-corrected chi connectivity index (χ0v) is 18.9. The Hall–Kier alpha value is -3.41. The summed E-state index contributed by atoms with van der Waals surface area (Å²) in [7, 11) is 0. The lowest BCUT2D eigenvalue weighted by Gasteiger charge is -2.17. The molecule has 0 fully saturated rings. The number of benzene rings is 1. The number of hydrogen-bond donors (Lipinski definition) is 1. The van der Waals surface area contributed by atoms with Crippen molar-refractivity contribution in [1.82, 2.24) is 5.32 Å². The molecule has 2 nitrogen and oxygen atoms in total. The summed E-state index contributed by atoms with van der Waals surface area (Å²) >= 11 is 0. The van der Waals surface area contributed by atoms with Crippen LogP contribution in [-0.4, -0.2) is 0 Å². The van der Waals surface area contributed by atoms with Gasteiger partial charge in [-0.2, -0.15) is 0 Å². The second-order valence-corrected chi connectivity index (χ2v) is 7.91. The number of aryl methyl sites for hydroxylation is 3. The molecule has 2 aromatic rings. The fraction of sp³-hybridized carbons (Fsp3) is 0.286. The maximum atomic E-state index is 14.8. The predicted octanol–water partition coefficient (Wildman–Crippen LogP) is 6.02. The lowest BCUT2D eigenvalue weighted by atomic mass is 9.99. The number of hydrogen-bond acceptors (Lipinski definition) is 1. The number of allylic oxidation sites excluding steroid dienone is 3. The topological polar surface area (TPSA) is 15.9 Å². The van der Waals surface area contributed by atoms with Gasteiger partial charge in [0.1, 0.15) is 18.2 Å². The summed E-state index contributed by atoms with van der Waals surface area (Å²) < 4.78 is 31.4. The highest BCUT2D eigenvalue weighted by Gasteiger charge is 2.35. The Morgan fingerprint density at radius 2 is 2.12 bits per heavy atom. The van der Waals surface area contributed by atoms with Crippen LogP contribution >= 0.6 is 0 Å². The summed E-state index contributed by atoms with van der Waals surface area (Å²) in [5, 5.41) is 3.34. The van der Waals surface area contributed by atoms with Gasteiger partial charge in [0.2, 0.25) is 0 Å². The van der Waals surface area contributed by atoms with E-state index in [-0.39, 0.29) is 11.5 Å². The van der Waals surface area contributed by atoms with Crippen molar-refractivity contribution in [2.45, 2.75) is 52.5 Å². The Balaban J connectivity index is 1.99. The second-order valence-electron chi connectivity index (χ2n) is 7.91. The number of terminal acetylenes is 1. The predicted molar refractivity (Wildman–Crippen MR) is 126 cm³/mol. The molecule has 1 atom stereocenters. The Kier molecular flexibility index (Phi) is 7.46. The molecule has 1 aliphatic carbocycles. The third-order valence-electron chi connectivity index (χ3n) is 5.73. The Morgan fingerprint density at radius 1 is 1.34 bits per heavy atom. The van der Waals surface area contributed by atoms with Gasteiger partial charge in [-0.25, -0.2) is 13.3 Å². The minimum Gasteiger partial charge on any atom is -0.358 e. The van der Waals surface area contributed by atoms with E-state index < -0.39 is 11.6 Å². The molecule has 4 heteroatoms. The highest BCUT2D eigenvalue weighted by molar-refractivity contribution is 5.65. The van der Waals surface area contributed by atoms with Crippen molar-refractivity contribution < 1.29 is 13.3 Å². The summed E-state index contributed by atoms with van der Waals surface area (Å²) in [4.78, 5) is 0. The number of aromatic nitrogens is 1.